The van der Waals surface area contributed by atoms with Gasteiger partial charge in [-0.25, -0.2) is 0 Å². The average Bonchev–Trinajstić information content (AvgIpc) is 2.71. The number of benzene rings is 2. The van der Waals surface area contributed by atoms with E-state index >= 15 is 0 Å². The zero-order chi connectivity index (χ0) is 22.5. The zero-order valence-electron chi connectivity index (χ0n) is 19.5. The Balaban J connectivity index is 1.96. The lowest BCUT2D eigenvalue weighted by atomic mass is 9.87. The fourth-order valence-electron chi connectivity index (χ4n) is 4.43. The van der Waals surface area contributed by atoms with Gasteiger partial charge in [-0.1, -0.05) is 29.8 Å². The molecule has 2 atom stereocenters. The van der Waals surface area contributed by atoms with Crippen molar-refractivity contribution < 1.29 is 9.47 Å². The van der Waals surface area contributed by atoms with Crippen LogP contribution in [0.15, 0.2) is 36.4 Å². The van der Waals surface area contributed by atoms with Gasteiger partial charge in [0.2, 0.25) is 0 Å². The summed E-state index contributed by atoms with van der Waals surface area (Å²) in [5, 5.41) is 7.51. The van der Waals surface area contributed by atoms with Crippen molar-refractivity contribution in [3.05, 3.63) is 58.7 Å². The number of nitrogens with zero attached hydrogens (tertiary/aromatic N) is 1. The Hall–Kier alpha value is -2.31. The molecule has 0 fully saturated rings. The summed E-state index contributed by atoms with van der Waals surface area (Å²) in [6.07, 6.45) is 0.972. The molecule has 0 spiro atoms. The van der Waals surface area contributed by atoms with Gasteiger partial charge in [-0.05, 0) is 75.2 Å². The molecule has 3 rings (SSSR count). The van der Waals surface area contributed by atoms with Gasteiger partial charge in [-0.2, -0.15) is 0 Å². The Labute approximate surface area is 192 Å². The molecule has 2 aromatic carbocycles. The first-order valence-electron chi connectivity index (χ1n) is 10.9. The standard InChI is InChI=1S/C25H35N3O2S/c1-16(2)26-25(31)27-18(4)24-21-14-23(30-6)22(29-5)13-20(21)10-11-28(24)15-19-9-7-8-17(3)12-19/h7-9,12-14,16,18,24H,10-11,15H2,1-6H3,(H2,26,27,31)/t18-,24+/m0/s1. The van der Waals surface area contributed by atoms with Gasteiger partial charge in [0.05, 0.1) is 20.3 Å². The molecule has 0 unspecified atom stereocenters. The van der Waals surface area contributed by atoms with Crippen molar-refractivity contribution in [3.8, 4) is 11.5 Å². The molecule has 0 aromatic heterocycles. The molecule has 0 saturated heterocycles. The van der Waals surface area contributed by atoms with Gasteiger partial charge in [0, 0.05) is 25.2 Å². The summed E-state index contributed by atoms with van der Waals surface area (Å²) < 4.78 is 11.2. The maximum absolute atomic E-state index is 5.63. The van der Waals surface area contributed by atoms with Gasteiger partial charge in [-0.3, -0.25) is 4.90 Å². The van der Waals surface area contributed by atoms with E-state index in [0.29, 0.717) is 11.2 Å². The summed E-state index contributed by atoms with van der Waals surface area (Å²) in [6, 6.07) is 13.6. The lowest BCUT2D eigenvalue weighted by Crippen LogP contribution is -2.50. The largest absolute Gasteiger partial charge is 0.493 e. The Morgan fingerprint density at radius 1 is 1.10 bits per heavy atom. The van der Waals surface area contributed by atoms with Gasteiger partial charge in [-0.15, -0.1) is 0 Å². The molecule has 0 bridgehead atoms. The van der Waals surface area contributed by atoms with E-state index in [9.17, 15) is 0 Å². The van der Waals surface area contributed by atoms with E-state index < -0.39 is 0 Å². The summed E-state index contributed by atoms with van der Waals surface area (Å²) in [5.74, 6) is 1.54. The van der Waals surface area contributed by atoms with E-state index in [1.54, 1.807) is 14.2 Å². The molecule has 31 heavy (non-hydrogen) atoms. The fraction of sp³-hybridized carbons (Fsp3) is 0.480. The minimum atomic E-state index is 0.112. The molecule has 0 radical (unpaired) electrons. The number of fused-ring (bicyclic) bond motifs is 1. The zero-order valence-corrected chi connectivity index (χ0v) is 20.3. The van der Waals surface area contributed by atoms with Crippen LogP contribution in [0.25, 0.3) is 0 Å². The molecular formula is C25H35N3O2S. The van der Waals surface area contributed by atoms with Gasteiger partial charge in [0.15, 0.2) is 16.6 Å². The molecule has 168 valence electrons. The van der Waals surface area contributed by atoms with Crippen LogP contribution in [0.2, 0.25) is 0 Å². The number of rotatable bonds is 7. The molecule has 0 saturated carbocycles. The first-order valence-corrected chi connectivity index (χ1v) is 11.3. The minimum absolute atomic E-state index is 0.112. The highest BCUT2D eigenvalue weighted by atomic mass is 32.1. The third-order valence-corrected chi connectivity index (χ3v) is 5.98. The summed E-state index contributed by atoms with van der Waals surface area (Å²) in [6.45, 7) is 10.4. The van der Waals surface area contributed by atoms with Crippen LogP contribution in [0.4, 0.5) is 0 Å². The highest BCUT2D eigenvalue weighted by Gasteiger charge is 2.33. The van der Waals surface area contributed by atoms with Gasteiger partial charge < -0.3 is 20.1 Å². The number of hydrogen-bond donors (Lipinski definition) is 2. The molecule has 1 aliphatic heterocycles. The SMILES string of the molecule is COc1cc2c(cc1OC)[C@@H]([C@H](C)NC(=S)NC(C)C)N(Cc1cccc(C)c1)CC2. The molecule has 5 nitrogen and oxygen atoms in total. The van der Waals surface area contributed by atoms with E-state index in [1.807, 2.05) is 0 Å². The number of aryl methyl sites for hydroxylation is 1. The first kappa shape index (κ1) is 23.4. The number of hydrogen-bond acceptors (Lipinski definition) is 4. The topological polar surface area (TPSA) is 45.8 Å². The van der Waals surface area contributed by atoms with Crippen LogP contribution < -0.4 is 20.1 Å². The van der Waals surface area contributed by atoms with Crippen LogP contribution >= 0.6 is 12.2 Å². The molecular weight excluding hydrogens is 406 g/mol. The van der Waals surface area contributed by atoms with E-state index in [4.69, 9.17) is 21.7 Å². The third-order valence-electron chi connectivity index (χ3n) is 5.75. The molecule has 2 N–H and O–H groups in total. The molecule has 1 heterocycles. The van der Waals surface area contributed by atoms with Crippen molar-refractivity contribution in [2.24, 2.45) is 0 Å². The van der Waals surface area contributed by atoms with Crippen molar-refractivity contribution in [2.75, 3.05) is 20.8 Å². The van der Waals surface area contributed by atoms with Crippen LogP contribution in [-0.4, -0.2) is 42.9 Å². The summed E-state index contributed by atoms with van der Waals surface area (Å²) in [4.78, 5) is 2.54. The maximum Gasteiger partial charge on any atom is 0.166 e. The number of methoxy groups -OCH3 is 2. The molecule has 1 aliphatic rings. The van der Waals surface area contributed by atoms with Gasteiger partial charge in [0.1, 0.15) is 0 Å². The Morgan fingerprint density at radius 3 is 2.45 bits per heavy atom. The van der Waals surface area contributed by atoms with Crippen molar-refractivity contribution in [1.82, 2.24) is 15.5 Å². The van der Waals surface area contributed by atoms with Crippen molar-refractivity contribution in [1.29, 1.82) is 0 Å². The predicted molar refractivity (Wildman–Crippen MR) is 131 cm³/mol. The fourth-order valence-corrected chi connectivity index (χ4v) is 4.85. The van der Waals surface area contributed by atoms with Crippen molar-refractivity contribution in [3.63, 3.8) is 0 Å². The second kappa shape index (κ2) is 10.3. The highest BCUT2D eigenvalue weighted by molar-refractivity contribution is 7.80. The quantitative estimate of drug-likeness (QED) is 0.622. The van der Waals surface area contributed by atoms with Crippen LogP contribution in [-0.2, 0) is 13.0 Å². The highest BCUT2D eigenvalue weighted by Crippen LogP contribution is 2.40. The summed E-state index contributed by atoms with van der Waals surface area (Å²) in [7, 11) is 3.38. The minimum Gasteiger partial charge on any atom is -0.493 e. The van der Waals surface area contributed by atoms with Crippen LogP contribution in [0, 0.1) is 6.92 Å². The van der Waals surface area contributed by atoms with Crippen LogP contribution in [0.5, 0.6) is 11.5 Å². The maximum atomic E-state index is 5.63. The van der Waals surface area contributed by atoms with Crippen molar-refractivity contribution in [2.45, 2.75) is 58.8 Å². The van der Waals surface area contributed by atoms with Crippen LogP contribution in [0.3, 0.4) is 0 Å². The predicted octanol–water partition coefficient (Wildman–Crippen LogP) is 4.37. The monoisotopic (exact) mass is 441 g/mol. The first-order chi connectivity index (χ1) is 14.8. The van der Waals surface area contributed by atoms with Gasteiger partial charge >= 0.3 is 0 Å². The molecule has 0 amide bonds. The summed E-state index contributed by atoms with van der Waals surface area (Å²) >= 11 is 5.56. The number of ether oxygens (including phenoxy) is 2. The van der Waals surface area contributed by atoms with Crippen LogP contribution in [0.1, 0.15) is 49.1 Å². The second-order valence-corrected chi connectivity index (χ2v) is 9.03. The van der Waals surface area contributed by atoms with Crippen molar-refractivity contribution >= 4 is 17.3 Å². The lowest BCUT2D eigenvalue weighted by molar-refractivity contribution is 0.149. The van der Waals surface area contributed by atoms with E-state index in [1.165, 1.54) is 22.3 Å². The lowest BCUT2D eigenvalue weighted by Gasteiger charge is -2.41. The molecule has 6 heteroatoms. The Kier molecular flexibility index (Phi) is 7.79. The third kappa shape index (κ3) is 5.69. The molecule has 2 aromatic rings. The van der Waals surface area contributed by atoms with Gasteiger partial charge in [0.25, 0.3) is 0 Å². The van der Waals surface area contributed by atoms with E-state index in [-0.39, 0.29) is 12.1 Å². The smallest absolute Gasteiger partial charge is 0.166 e. The Bertz CT molecular complexity index is 916. The second-order valence-electron chi connectivity index (χ2n) is 8.62. The average molecular weight is 442 g/mol. The van der Waals surface area contributed by atoms with E-state index in [0.717, 1.165) is 31.0 Å². The summed E-state index contributed by atoms with van der Waals surface area (Å²) in [5.41, 5.74) is 5.18. The Morgan fingerprint density at radius 2 is 1.81 bits per heavy atom. The number of thiocarbonyl (C=S) groups is 1. The number of nitrogens with one attached hydrogen (secondary N) is 2. The van der Waals surface area contributed by atoms with E-state index in [2.05, 4.69) is 79.6 Å². The normalized spacial score (nSPS) is 17.1. The molecule has 0 aliphatic carbocycles.